The van der Waals surface area contributed by atoms with Gasteiger partial charge in [-0.15, -0.1) is 0 Å². The largest absolute Gasteiger partial charge is 0.330 e. The molecule has 2 fully saturated rings. The fourth-order valence-corrected chi connectivity index (χ4v) is 5.02. The standard InChI is InChI=1S/C13H26N2O2S/c1-15(12-6-8-18(16,17)9-7-12)13-5-3-2-4-11(13)10-14/h11-13H,2-10,14H2,1H3. The van der Waals surface area contributed by atoms with Crippen LogP contribution in [0.3, 0.4) is 0 Å². The highest BCUT2D eigenvalue weighted by molar-refractivity contribution is 7.91. The molecule has 0 radical (unpaired) electrons. The Kier molecular flexibility index (Phi) is 4.67. The van der Waals surface area contributed by atoms with Crippen molar-refractivity contribution in [2.24, 2.45) is 11.7 Å². The van der Waals surface area contributed by atoms with E-state index < -0.39 is 9.84 Å². The summed E-state index contributed by atoms with van der Waals surface area (Å²) < 4.78 is 23.0. The van der Waals surface area contributed by atoms with Gasteiger partial charge in [-0.05, 0) is 45.2 Å². The SMILES string of the molecule is CN(C1CCS(=O)(=O)CC1)C1CCCCC1CN. The molecule has 2 aliphatic rings. The number of hydrogen-bond donors (Lipinski definition) is 1. The van der Waals surface area contributed by atoms with Crippen LogP contribution in [-0.2, 0) is 9.84 Å². The summed E-state index contributed by atoms with van der Waals surface area (Å²) in [7, 11) is -0.582. The first-order valence-corrected chi connectivity index (χ1v) is 8.98. The molecule has 1 aliphatic carbocycles. The third kappa shape index (κ3) is 3.25. The lowest BCUT2D eigenvalue weighted by Gasteiger charge is -2.42. The molecule has 0 amide bonds. The van der Waals surface area contributed by atoms with Crippen molar-refractivity contribution in [2.45, 2.75) is 50.6 Å². The van der Waals surface area contributed by atoms with Crippen LogP contribution >= 0.6 is 0 Å². The van der Waals surface area contributed by atoms with Crippen LogP contribution in [0.2, 0.25) is 0 Å². The molecular formula is C13H26N2O2S. The molecule has 0 spiro atoms. The lowest BCUT2D eigenvalue weighted by Crippen LogP contribution is -2.50. The van der Waals surface area contributed by atoms with E-state index in [1.54, 1.807) is 0 Å². The number of hydrogen-bond acceptors (Lipinski definition) is 4. The van der Waals surface area contributed by atoms with E-state index in [1.807, 2.05) is 0 Å². The van der Waals surface area contributed by atoms with Crippen molar-refractivity contribution in [3.05, 3.63) is 0 Å². The zero-order chi connectivity index (χ0) is 13.2. The first-order valence-electron chi connectivity index (χ1n) is 7.16. The molecule has 1 saturated heterocycles. The third-order valence-corrected chi connectivity index (χ3v) is 6.51. The molecule has 1 aliphatic heterocycles. The van der Waals surface area contributed by atoms with E-state index in [1.165, 1.54) is 25.7 Å². The van der Waals surface area contributed by atoms with Crippen molar-refractivity contribution in [3.63, 3.8) is 0 Å². The van der Waals surface area contributed by atoms with Gasteiger partial charge in [0.1, 0.15) is 9.84 Å². The zero-order valence-electron chi connectivity index (χ0n) is 11.3. The number of nitrogens with zero attached hydrogens (tertiary/aromatic N) is 1. The van der Waals surface area contributed by atoms with Gasteiger partial charge in [-0.1, -0.05) is 12.8 Å². The fraction of sp³-hybridized carbons (Fsp3) is 1.00. The second-order valence-electron chi connectivity index (χ2n) is 5.90. The number of nitrogens with two attached hydrogens (primary N) is 1. The minimum atomic E-state index is -2.75. The molecule has 2 rings (SSSR count). The van der Waals surface area contributed by atoms with Crippen LogP contribution in [0.4, 0.5) is 0 Å². The molecule has 1 heterocycles. The third-order valence-electron chi connectivity index (χ3n) is 4.79. The van der Waals surface area contributed by atoms with Gasteiger partial charge in [0.05, 0.1) is 11.5 Å². The van der Waals surface area contributed by atoms with Crippen LogP contribution in [0.5, 0.6) is 0 Å². The summed E-state index contributed by atoms with van der Waals surface area (Å²) in [6, 6.07) is 1.00. The Morgan fingerprint density at radius 1 is 1.11 bits per heavy atom. The minimum absolute atomic E-state index is 0.363. The lowest BCUT2D eigenvalue weighted by atomic mass is 9.83. The molecule has 0 aromatic heterocycles. The Labute approximate surface area is 111 Å². The van der Waals surface area contributed by atoms with E-state index in [2.05, 4.69) is 11.9 Å². The summed E-state index contributed by atoms with van der Waals surface area (Å²) in [6.07, 6.45) is 6.64. The van der Waals surface area contributed by atoms with E-state index in [-0.39, 0.29) is 0 Å². The molecule has 106 valence electrons. The molecule has 18 heavy (non-hydrogen) atoms. The molecule has 4 nitrogen and oxygen atoms in total. The van der Waals surface area contributed by atoms with Gasteiger partial charge in [0, 0.05) is 12.1 Å². The Bertz CT molecular complexity index is 355. The average molecular weight is 274 g/mol. The molecule has 0 aromatic carbocycles. The molecule has 2 N–H and O–H groups in total. The van der Waals surface area contributed by atoms with Crippen LogP contribution in [0.25, 0.3) is 0 Å². The van der Waals surface area contributed by atoms with Gasteiger partial charge in [0.2, 0.25) is 0 Å². The maximum Gasteiger partial charge on any atom is 0.150 e. The molecule has 2 unspecified atom stereocenters. The predicted molar refractivity (Wildman–Crippen MR) is 74.2 cm³/mol. The zero-order valence-corrected chi connectivity index (χ0v) is 12.2. The van der Waals surface area contributed by atoms with Crippen molar-refractivity contribution in [1.82, 2.24) is 4.90 Å². The van der Waals surface area contributed by atoms with Crippen molar-refractivity contribution in [2.75, 3.05) is 25.1 Å². The van der Waals surface area contributed by atoms with E-state index in [9.17, 15) is 8.42 Å². The highest BCUT2D eigenvalue weighted by Gasteiger charge is 2.33. The molecule has 0 bridgehead atoms. The van der Waals surface area contributed by atoms with Gasteiger partial charge >= 0.3 is 0 Å². The monoisotopic (exact) mass is 274 g/mol. The summed E-state index contributed by atoms with van der Waals surface area (Å²) in [5.74, 6) is 1.33. The topological polar surface area (TPSA) is 63.4 Å². The van der Waals surface area contributed by atoms with Crippen molar-refractivity contribution >= 4 is 9.84 Å². The summed E-state index contributed by atoms with van der Waals surface area (Å²) in [5.41, 5.74) is 5.88. The Balaban J connectivity index is 1.96. The lowest BCUT2D eigenvalue weighted by molar-refractivity contribution is 0.0868. The summed E-state index contributed by atoms with van der Waals surface area (Å²) in [4.78, 5) is 2.44. The Morgan fingerprint density at radius 2 is 1.72 bits per heavy atom. The van der Waals surface area contributed by atoms with Gasteiger partial charge < -0.3 is 10.6 Å². The quantitative estimate of drug-likeness (QED) is 0.834. The second kappa shape index (κ2) is 5.88. The summed E-state index contributed by atoms with van der Waals surface area (Å²) >= 11 is 0. The average Bonchev–Trinajstić information content (AvgIpc) is 2.38. The Hall–Kier alpha value is -0.130. The highest BCUT2D eigenvalue weighted by atomic mass is 32.2. The highest BCUT2D eigenvalue weighted by Crippen LogP contribution is 2.30. The summed E-state index contributed by atoms with van der Waals surface area (Å²) in [6.45, 7) is 0.764. The molecule has 5 heteroatoms. The maximum absolute atomic E-state index is 11.5. The van der Waals surface area contributed by atoms with Crippen molar-refractivity contribution in [3.8, 4) is 0 Å². The normalized spacial score (nSPS) is 33.7. The van der Waals surface area contributed by atoms with Gasteiger partial charge in [-0.3, -0.25) is 0 Å². The smallest absolute Gasteiger partial charge is 0.150 e. The van der Waals surface area contributed by atoms with Crippen LogP contribution in [0.15, 0.2) is 0 Å². The van der Waals surface area contributed by atoms with E-state index >= 15 is 0 Å². The maximum atomic E-state index is 11.5. The molecule has 2 atom stereocenters. The van der Waals surface area contributed by atoms with Gasteiger partial charge in [-0.25, -0.2) is 8.42 Å². The van der Waals surface area contributed by atoms with E-state index in [4.69, 9.17) is 5.73 Å². The van der Waals surface area contributed by atoms with Crippen LogP contribution in [0, 0.1) is 5.92 Å². The molecule has 1 saturated carbocycles. The Morgan fingerprint density at radius 3 is 2.33 bits per heavy atom. The van der Waals surface area contributed by atoms with Crippen molar-refractivity contribution in [1.29, 1.82) is 0 Å². The van der Waals surface area contributed by atoms with Crippen LogP contribution < -0.4 is 5.73 Å². The van der Waals surface area contributed by atoms with Gasteiger partial charge in [-0.2, -0.15) is 0 Å². The number of sulfone groups is 1. The first-order chi connectivity index (χ1) is 8.53. The fourth-order valence-electron chi connectivity index (χ4n) is 3.55. The van der Waals surface area contributed by atoms with E-state index in [0.717, 1.165) is 19.4 Å². The van der Waals surface area contributed by atoms with Gasteiger partial charge in [0.15, 0.2) is 0 Å². The second-order valence-corrected chi connectivity index (χ2v) is 8.20. The van der Waals surface area contributed by atoms with Crippen LogP contribution in [0.1, 0.15) is 38.5 Å². The van der Waals surface area contributed by atoms with Crippen molar-refractivity contribution < 1.29 is 8.42 Å². The number of rotatable bonds is 3. The van der Waals surface area contributed by atoms with E-state index in [0.29, 0.717) is 29.5 Å². The first kappa shape index (κ1) is 14.3. The van der Waals surface area contributed by atoms with Crippen LogP contribution in [-0.4, -0.2) is 50.5 Å². The minimum Gasteiger partial charge on any atom is -0.330 e. The molecule has 0 aromatic rings. The molecular weight excluding hydrogens is 248 g/mol. The predicted octanol–water partition coefficient (Wildman–Crippen LogP) is 1.01. The van der Waals surface area contributed by atoms with Gasteiger partial charge in [0.25, 0.3) is 0 Å². The summed E-state index contributed by atoms with van der Waals surface area (Å²) in [5, 5.41) is 0.